The van der Waals surface area contributed by atoms with Gasteiger partial charge in [0.2, 0.25) is 0 Å². The fraction of sp³-hybridized carbons (Fsp3) is 0.379. The molecule has 0 radical (unpaired) electrons. The number of likely N-dealkylation sites (N-methyl/N-ethyl adjacent to an activating group) is 1. The fourth-order valence-corrected chi connectivity index (χ4v) is 3.66. The number of alkyl halides is 6. The van der Waals surface area contributed by atoms with Gasteiger partial charge in [0.05, 0.1) is 17.7 Å². The van der Waals surface area contributed by atoms with Crippen LogP contribution in [0.4, 0.5) is 47.6 Å². The number of carbonyl (C=O) groups is 2. The Kier molecular flexibility index (Phi) is 14.2. The van der Waals surface area contributed by atoms with Crippen LogP contribution in [0.5, 0.6) is 5.75 Å². The molecule has 1 aliphatic rings. The first-order valence-electron chi connectivity index (χ1n) is 13.5. The Hall–Kier alpha value is -4.48. The Morgan fingerprint density at radius 1 is 0.978 bits per heavy atom. The molecule has 3 heterocycles. The van der Waals surface area contributed by atoms with E-state index in [-0.39, 0.29) is 30.2 Å². The van der Waals surface area contributed by atoms with Crippen LogP contribution >= 0.6 is 0 Å². The van der Waals surface area contributed by atoms with E-state index in [0.29, 0.717) is 0 Å². The van der Waals surface area contributed by atoms with E-state index >= 15 is 0 Å². The van der Waals surface area contributed by atoms with Gasteiger partial charge in [0.1, 0.15) is 17.4 Å². The van der Waals surface area contributed by atoms with Crippen LogP contribution in [0, 0.1) is 0 Å². The van der Waals surface area contributed by atoms with Gasteiger partial charge in [0.25, 0.3) is 0 Å². The zero-order valence-corrected chi connectivity index (χ0v) is 25.2. The summed E-state index contributed by atoms with van der Waals surface area (Å²) in [4.78, 5) is 32.5. The number of amides is 3. The lowest BCUT2D eigenvalue weighted by molar-refractivity contribution is -0.138. The van der Waals surface area contributed by atoms with E-state index in [2.05, 4.69) is 22.2 Å². The summed E-state index contributed by atoms with van der Waals surface area (Å²) in [6.45, 7) is 2.13. The van der Waals surface area contributed by atoms with Gasteiger partial charge in [-0.3, -0.25) is 5.32 Å². The molecule has 0 spiro atoms. The standard InChI is InChI=1S/C13H9F3N2O2.C10H10F3N3O2.C6H14O2/c14-13(15,16)9-6-7-17-11(8-9)18-12(19)20-10-4-2-1-3-5-10;1-15-5-8(17)16(9(15)18)7-4-6(2-3-14-7)10(11,12)13;1-4-5-6(7-2)8-3/h1-8H,(H,17,18,19);2-4,8,17H,5H2,1H3;6H,4-5H2,1-3H3. The molecule has 0 aliphatic carbocycles. The van der Waals surface area contributed by atoms with Crippen LogP contribution < -0.4 is 15.0 Å². The number of nitrogens with zero attached hydrogens (tertiary/aromatic N) is 4. The molecule has 1 atom stereocenters. The number of para-hydroxylation sites is 1. The molecule has 252 valence electrons. The maximum atomic E-state index is 12.5. The van der Waals surface area contributed by atoms with E-state index in [4.69, 9.17) is 14.2 Å². The van der Waals surface area contributed by atoms with Gasteiger partial charge in [-0.25, -0.2) is 24.5 Å². The highest BCUT2D eigenvalue weighted by atomic mass is 19.4. The maximum absolute atomic E-state index is 12.5. The molecule has 0 saturated carbocycles. The van der Waals surface area contributed by atoms with Gasteiger partial charge in [0.15, 0.2) is 12.5 Å². The third kappa shape index (κ3) is 11.8. The van der Waals surface area contributed by atoms with Crippen molar-refractivity contribution in [1.82, 2.24) is 14.9 Å². The average molecular weight is 662 g/mol. The summed E-state index contributed by atoms with van der Waals surface area (Å²) in [6, 6.07) is 10.6. The fourth-order valence-electron chi connectivity index (χ4n) is 3.66. The van der Waals surface area contributed by atoms with Crippen LogP contribution in [0.3, 0.4) is 0 Å². The van der Waals surface area contributed by atoms with E-state index in [0.717, 1.165) is 54.4 Å². The minimum atomic E-state index is -4.52. The van der Waals surface area contributed by atoms with E-state index in [1.54, 1.807) is 44.6 Å². The van der Waals surface area contributed by atoms with Crippen LogP contribution in [0.25, 0.3) is 0 Å². The van der Waals surface area contributed by atoms with Crippen molar-refractivity contribution in [1.29, 1.82) is 0 Å². The number of β-amino-alcohol motifs (C(OH)–C–C–N with tert-alkyl or cyclic N) is 1. The first kappa shape index (κ1) is 37.7. The number of aliphatic hydroxyl groups excluding tert-OH is 1. The predicted octanol–water partition coefficient (Wildman–Crippen LogP) is 6.41. The minimum absolute atomic E-state index is 0.000000000000000444. The number of aromatic nitrogens is 2. The van der Waals surface area contributed by atoms with Gasteiger partial charge >= 0.3 is 24.5 Å². The van der Waals surface area contributed by atoms with Crippen molar-refractivity contribution in [2.75, 3.05) is 38.0 Å². The lowest BCUT2D eigenvalue weighted by Gasteiger charge is -2.19. The second-order valence-corrected chi connectivity index (χ2v) is 9.36. The molecule has 3 amide bonds. The highest BCUT2D eigenvalue weighted by Gasteiger charge is 2.38. The summed E-state index contributed by atoms with van der Waals surface area (Å²) in [6.07, 6.45) is -7.13. The first-order chi connectivity index (χ1) is 21.6. The summed E-state index contributed by atoms with van der Waals surface area (Å²) in [5.74, 6) is -0.176. The third-order valence-electron chi connectivity index (χ3n) is 5.91. The number of anilines is 2. The summed E-state index contributed by atoms with van der Waals surface area (Å²) in [5.41, 5.74) is -1.82. The quantitative estimate of drug-likeness (QED) is 0.220. The Morgan fingerprint density at radius 3 is 2.02 bits per heavy atom. The Morgan fingerprint density at radius 2 is 1.54 bits per heavy atom. The number of methoxy groups -OCH3 is 2. The Bertz CT molecular complexity index is 1390. The highest BCUT2D eigenvalue weighted by Crippen LogP contribution is 2.32. The van der Waals surface area contributed by atoms with Gasteiger partial charge in [-0.1, -0.05) is 31.5 Å². The highest BCUT2D eigenvalue weighted by molar-refractivity contribution is 5.93. The van der Waals surface area contributed by atoms with E-state index < -0.39 is 41.8 Å². The van der Waals surface area contributed by atoms with Gasteiger partial charge in [0, 0.05) is 33.7 Å². The van der Waals surface area contributed by atoms with Crippen molar-refractivity contribution < 1.29 is 55.2 Å². The SMILES string of the molecule is CCCC(OC)OC.CN1CC(O)N(c2cc(C(F)(F)F)ccn2)C1=O.O=C(Nc1cc(C(F)(F)F)ccn1)Oc1ccccc1. The predicted molar refractivity (Wildman–Crippen MR) is 154 cm³/mol. The molecular formula is C29H33F6N5O6. The molecular weight excluding hydrogens is 628 g/mol. The van der Waals surface area contributed by atoms with Gasteiger partial charge < -0.3 is 24.2 Å². The summed E-state index contributed by atoms with van der Waals surface area (Å²) < 4.78 is 89.7. The zero-order chi connectivity index (χ0) is 34.5. The number of carbonyl (C=O) groups excluding carboxylic acids is 2. The van der Waals surface area contributed by atoms with Crippen LogP contribution in [0.1, 0.15) is 30.9 Å². The minimum Gasteiger partial charge on any atom is -0.410 e. The molecule has 4 rings (SSSR count). The molecule has 11 nitrogen and oxygen atoms in total. The number of benzene rings is 1. The molecule has 1 saturated heterocycles. The zero-order valence-electron chi connectivity index (χ0n) is 25.2. The van der Waals surface area contributed by atoms with Gasteiger partial charge in [-0.2, -0.15) is 26.3 Å². The number of hydrogen-bond acceptors (Lipinski definition) is 8. The Labute approximate surface area is 260 Å². The van der Waals surface area contributed by atoms with Crippen molar-refractivity contribution in [3.63, 3.8) is 0 Å². The van der Waals surface area contributed by atoms with E-state index in [1.807, 2.05) is 0 Å². The monoisotopic (exact) mass is 661 g/mol. The van der Waals surface area contributed by atoms with Gasteiger partial charge in [-0.15, -0.1) is 0 Å². The summed E-state index contributed by atoms with van der Waals surface area (Å²) in [5, 5.41) is 11.7. The number of halogens is 6. The third-order valence-corrected chi connectivity index (χ3v) is 5.91. The molecule has 3 aromatic rings. The van der Waals surface area contributed by atoms with E-state index in [9.17, 15) is 41.0 Å². The summed E-state index contributed by atoms with van der Waals surface area (Å²) >= 11 is 0. The lowest BCUT2D eigenvalue weighted by Crippen LogP contribution is -2.35. The molecule has 2 aromatic heterocycles. The lowest BCUT2D eigenvalue weighted by atomic mass is 10.2. The van der Waals surface area contributed by atoms with Crippen LogP contribution in [-0.4, -0.2) is 72.4 Å². The van der Waals surface area contributed by atoms with Crippen LogP contribution in [-0.2, 0) is 21.8 Å². The van der Waals surface area contributed by atoms with Crippen LogP contribution in [0.2, 0.25) is 0 Å². The molecule has 1 aliphatic heterocycles. The molecule has 17 heteroatoms. The normalized spacial score (nSPS) is 14.7. The average Bonchev–Trinajstić information content (AvgIpc) is 3.26. The van der Waals surface area contributed by atoms with Crippen molar-refractivity contribution in [3.05, 3.63) is 78.1 Å². The van der Waals surface area contributed by atoms with Crippen molar-refractivity contribution in [2.24, 2.45) is 0 Å². The second kappa shape index (κ2) is 17.3. The molecule has 1 aromatic carbocycles. The molecule has 46 heavy (non-hydrogen) atoms. The maximum Gasteiger partial charge on any atom is 0.418 e. The molecule has 1 unspecified atom stereocenters. The number of hydrogen-bond donors (Lipinski definition) is 2. The van der Waals surface area contributed by atoms with Crippen molar-refractivity contribution in [2.45, 2.75) is 44.6 Å². The number of rotatable bonds is 7. The topological polar surface area (TPSA) is 126 Å². The van der Waals surface area contributed by atoms with E-state index in [1.165, 1.54) is 11.9 Å². The van der Waals surface area contributed by atoms with Crippen molar-refractivity contribution in [3.8, 4) is 5.75 Å². The number of ether oxygens (including phenoxy) is 3. The molecule has 2 N–H and O–H groups in total. The van der Waals surface area contributed by atoms with Crippen LogP contribution in [0.15, 0.2) is 67.0 Å². The number of aliphatic hydroxyl groups is 1. The molecule has 0 bridgehead atoms. The Balaban J connectivity index is 0.000000262. The number of nitrogens with one attached hydrogen (secondary N) is 1. The second-order valence-electron chi connectivity index (χ2n) is 9.36. The number of urea groups is 1. The summed E-state index contributed by atoms with van der Waals surface area (Å²) in [7, 11) is 4.76. The number of pyridine rings is 2. The first-order valence-corrected chi connectivity index (χ1v) is 13.5. The largest absolute Gasteiger partial charge is 0.418 e. The van der Waals surface area contributed by atoms with Gasteiger partial charge in [-0.05, 0) is 42.8 Å². The molecule has 1 fully saturated rings. The smallest absolute Gasteiger partial charge is 0.410 e. The van der Waals surface area contributed by atoms with Crippen molar-refractivity contribution >= 4 is 23.8 Å².